The molecule has 124 valence electrons. The molecule has 6 heteroatoms. The quantitative estimate of drug-likeness (QED) is 0.216. The van der Waals surface area contributed by atoms with Crippen LogP contribution in [0.25, 0.3) is 0 Å². The van der Waals surface area contributed by atoms with Gasteiger partial charge in [-0.2, -0.15) is 18.2 Å². The SMILES string of the molecule is CC(C)(CBr)C(Br)(Br)OC(O)=C1C=CC=C1.[Fe].c1cc[cH-]c1. The summed E-state index contributed by atoms with van der Waals surface area (Å²) in [7, 11) is 0. The van der Waals surface area contributed by atoms with Crippen LogP contribution < -0.4 is 0 Å². The summed E-state index contributed by atoms with van der Waals surface area (Å²) in [4.78, 5) is 0. The van der Waals surface area contributed by atoms with E-state index in [1.54, 1.807) is 12.2 Å². The van der Waals surface area contributed by atoms with Crippen LogP contribution in [0.2, 0.25) is 0 Å². The van der Waals surface area contributed by atoms with Gasteiger partial charge >= 0.3 is 0 Å². The predicted molar refractivity (Wildman–Crippen MR) is 99.2 cm³/mol. The molecular formula is C16H18Br3FeO2-. The minimum absolute atomic E-state index is 0. The van der Waals surface area contributed by atoms with Crippen molar-refractivity contribution in [2.45, 2.75) is 17.3 Å². The number of hydrogen-bond acceptors (Lipinski definition) is 2. The normalized spacial score (nSPS) is 13.2. The fourth-order valence-electron chi connectivity index (χ4n) is 1.23. The van der Waals surface area contributed by atoms with Crippen LogP contribution in [0.3, 0.4) is 0 Å². The first-order chi connectivity index (χ1) is 9.80. The first kappa shape index (κ1) is 22.1. The molecule has 0 radical (unpaired) electrons. The number of halogens is 3. The summed E-state index contributed by atoms with van der Waals surface area (Å²) in [6.45, 7) is 4.01. The molecule has 0 saturated carbocycles. The van der Waals surface area contributed by atoms with Crippen LogP contribution in [0.4, 0.5) is 0 Å². The molecule has 0 aliphatic heterocycles. The van der Waals surface area contributed by atoms with E-state index in [-0.39, 0.29) is 28.4 Å². The minimum atomic E-state index is -0.822. The van der Waals surface area contributed by atoms with E-state index in [9.17, 15) is 5.11 Å². The van der Waals surface area contributed by atoms with Gasteiger partial charge in [-0.15, -0.1) is 0 Å². The molecule has 0 bridgehead atoms. The molecule has 0 spiro atoms. The van der Waals surface area contributed by atoms with Gasteiger partial charge < -0.3 is 9.84 Å². The molecule has 1 N–H and O–H groups in total. The van der Waals surface area contributed by atoms with E-state index in [4.69, 9.17) is 4.74 Å². The number of rotatable bonds is 4. The van der Waals surface area contributed by atoms with Crippen molar-refractivity contribution in [3.8, 4) is 0 Å². The second-order valence-corrected chi connectivity index (χ2v) is 8.94. The molecule has 0 heterocycles. The molecule has 0 atom stereocenters. The average Bonchev–Trinajstić information content (AvgIpc) is 3.13. The molecule has 1 aromatic carbocycles. The van der Waals surface area contributed by atoms with Gasteiger partial charge in [0.2, 0.25) is 3.42 Å². The number of allylic oxidation sites excluding steroid dienone is 5. The van der Waals surface area contributed by atoms with Crippen LogP contribution >= 0.6 is 47.8 Å². The third kappa shape index (κ3) is 6.71. The Hall–Kier alpha value is 0.129. The molecule has 1 aliphatic rings. The molecule has 22 heavy (non-hydrogen) atoms. The van der Waals surface area contributed by atoms with Crippen LogP contribution in [0.15, 0.2) is 66.2 Å². The van der Waals surface area contributed by atoms with Crippen molar-refractivity contribution in [1.82, 2.24) is 0 Å². The van der Waals surface area contributed by atoms with Gasteiger partial charge in [0.1, 0.15) is 0 Å². The van der Waals surface area contributed by atoms with Crippen molar-refractivity contribution >= 4 is 47.8 Å². The minimum Gasteiger partial charge on any atom is -0.480 e. The Bertz CT molecular complexity index is 486. The monoisotopic (exact) mass is 535 g/mol. The molecule has 0 fully saturated rings. The molecule has 1 aliphatic carbocycles. The molecule has 0 unspecified atom stereocenters. The first-order valence-corrected chi connectivity index (χ1v) is 9.08. The molecule has 0 aromatic heterocycles. The van der Waals surface area contributed by atoms with E-state index in [2.05, 4.69) is 47.8 Å². The molecule has 0 saturated heterocycles. The van der Waals surface area contributed by atoms with E-state index >= 15 is 0 Å². The topological polar surface area (TPSA) is 29.5 Å². The van der Waals surface area contributed by atoms with Crippen molar-refractivity contribution < 1.29 is 26.9 Å². The van der Waals surface area contributed by atoms with Crippen molar-refractivity contribution in [2.24, 2.45) is 5.41 Å². The number of alkyl halides is 3. The average molecular weight is 538 g/mol. The van der Waals surface area contributed by atoms with Crippen molar-refractivity contribution in [3.63, 3.8) is 0 Å². The van der Waals surface area contributed by atoms with Crippen molar-refractivity contribution in [3.05, 3.63) is 66.2 Å². The van der Waals surface area contributed by atoms with E-state index in [0.717, 1.165) is 0 Å². The Morgan fingerprint density at radius 2 is 1.68 bits per heavy atom. The Kier molecular flexibility index (Phi) is 10.1. The maximum Gasteiger partial charge on any atom is 0.286 e. The summed E-state index contributed by atoms with van der Waals surface area (Å²) >= 11 is 10.3. The zero-order valence-electron chi connectivity index (χ0n) is 12.2. The van der Waals surface area contributed by atoms with Crippen LogP contribution in [-0.2, 0) is 21.8 Å². The standard InChI is InChI=1S/C11H13Br3O2.C5H5.Fe/c1-10(2,7-12)11(13,14)16-9(15)8-5-3-4-6-8;1-2-4-5-3-1;/h3-6,15H,7H2,1-2H3;1-5H;/q;-1;. The van der Waals surface area contributed by atoms with Gasteiger partial charge in [0.15, 0.2) is 0 Å². The molecule has 1 aromatic rings. The van der Waals surface area contributed by atoms with Gasteiger partial charge in [-0.3, -0.25) is 0 Å². The number of ether oxygens (including phenoxy) is 1. The van der Waals surface area contributed by atoms with Crippen LogP contribution in [-0.4, -0.2) is 13.9 Å². The van der Waals surface area contributed by atoms with Gasteiger partial charge in [-0.25, -0.2) is 12.1 Å². The second-order valence-electron chi connectivity index (χ2n) is 5.08. The Balaban J connectivity index is 0.000000622. The maximum absolute atomic E-state index is 9.82. The second kappa shape index (κ2) is 10.1. The summed E-state index contributed by atoms with van der Waals surface area (Å²) in [5, 5.41) is 10.5. The van der Waals surface area contributed by atoms with E-state index < -0.39 is 3.42 Å². The Labute approximate surface area is 167 Å². The predicted octanol–water partition coefficient (Wildman–Crippen LogP) is 6.17. The van der Waals surface area contributed by atoms with Gasteiger partial charge in [0, 0.05) is 27.8 Å². The van der Waals surface area contributed by atoms with Crippen LogP contribution in [0, 0.1) is 5.41 Å². The van der Waals surface area contributed by atoms with E-state index in [1.165, 1.54) is 0 Å². The van der Waals surface area contributed by atoms with Crippen LogP contribution in [0.5, 0.6) is 0 Å². The zero-order valence-corrected chi connectivity index (χ0v) is 18.1. The number of hydrogen-bond donors (Lipinski definition) is 1. The third-order valence-corrected chi connectivity index (χ3v) is 6.68. The van der Waals surface area contributed by atoms with Crippen molar-refractivity contribution in [2.75, 3.05) is 5.33 Å². The summed E-state index contributed by atoms with van der Waals surface area (Å²) < 4.78 is 4.69. The molecule has 2 nitrogen and oxygen atoms in total. The van der Waals surface area contributed by atoms with Gasteiger partial charge in [0.05, 0.1) is 5.57 Å². The fraction of sp³-hybridized carbons (Fsp3) is 0.312. The largest absolute Gasteiger partial charge is 0.480 e. The first-order valence-electron chi connectivity index (χ1n) is 6.37. The number of aliphatic hydroxyl groups excluding tert-OH is 1. The van der Waals surface area contributed by atoms with Gasteiger partial charge in [-0.05, 0) is 44.0 Å². The molecule has 0 amide bonds. The summed E-state index contributed by atoms with van der Waals surface area (Å²) in [6.07, 6.45) is 7.25. The van der Waals surface area contributed by atoms with Gasteiger partial charge in [-0.1, -0.05) is 41.9 Å². The Morgan fingerprint density at radius 3 is 2.05 bits per heavy atom. The summed E-state index contributed by atoms with van der Waals surface area (Å²) in [5.74, 6) is -0.104. The van der Waals surface area contributed by atoms with E-state index in [1.807, 2.05) is 56.3 Å². The fourth-order valence-corrected chi connectivity index (χ4v) is 2.97. The maximum atomic E-state index is 9.82. The molecule has 2 rings (SSSR count). The third-order valence-electron chi connectivity index (χ3n) is 2.81. The summed E-state index contributed by atoms with van der Waals surface area (Å²) in [6, 6.07) is 10.0. The number of aliphatic hydroxyl groups is 1. The van der Waals surface area contributed by atoms with Crippen molar-refractivity contribution in [1.29, 1.82) is 0 Å². The zero-order chi connectivity index (χ0) is 15.9. The summed E-state index contributed by atoms with van der Waals surface area (Å²) in [5.41, 5.74) is 0.418. The van der Waals surface area contributed by atoms with E-state index in [0.29, 0.717) is 10.9 Å². The van der Waals surface area contributed by atoms with Crippen LogP contribution in [0.1, 0.15) is 13.8 Å². The smallest absolute Gasteiger partial charge is 0.286 e. The van der Waals surface area contributed by atoms with Gasteiger partial charge in [0.25, 0.3) is 5.95 Å². The molecular weight excluding hydrogens is 520 g/mol. The Morgan fingerprint density at radius 1 is 1.18 bits per heavy atom.